The number of phenolic OH excluding ortho intramolecular Hbond substituents is 1. The van der Waals surface area contributed by atoms with Gasteiger partial charge in [-0.2, -0.15) is 0 Å². The van der Waals surface area contributed by atoms with Crippen LogP contribution in [0.4, 0.5) is 5.69 Å². The molecule has 3 aliphatic rings. The quantitative estimate of drug-likeness (QED) is 0.344. The Morgan fingerprint density at radius 1 is 1.11 bits per heavy atom. The molecule has 0 spiro atoms. The number of aliphatic hydroxyl groups excluding tert-OH is 2. The van der Waals surface area contributed by atoms with Gasteiger partial charge in [0, 0.05) is 43.4 Å². The average Bonchev–Trinajstić information content (AvgIpc) is 2.77. The van der Waals surface area contributed by atoms with Gasteiger partial charge in [0.2, 0.25) is 5.78 Å². The summed E-state index contributed by atoms with van der Waals surface area (Å²) in [6, 6.07) is 0.810. The number of aromatic hydroxyl groups is 1. The zero-order valence-electron chi connectivity index (χ0n) is 21.9. The first-order valence-electron chi connectivity index (χ1n) is 12.0. The molecule has 0 heterocycles. The molecule has 4 rings (SSSR count). The maximum Gasteiger partial charge on any atom is 0.255 e. The number of anilines is 1. The highest BCUT2D eigenvalue weighted by Gasteiger charge is 2.63. The largest absolute Gasteiger partial charge is 0.510 e. The van der Waals surface area contributed by atoms with Crippen molar-refractivity contribution < 1.29 is 34.8 Å². The maximum absolute atomic E-state index is 13.9. The topological polar surface area (TPSA) is 168 Å². The molecule has 0 aliphatic heterocycles. The number of likely N-dealkylation sites (N-methyl/N-ethyl adjacent to an activating group) is 1. The molecule has 1 unspecified atom stereocenters. The zero-order valence-corrected chi connectivity index (χ0v) is 21.9. The predicted octanol–water partition coefficient (Wildman–Crippen LogP) is 0.248. The number of hydrogen-bond acceptors (Lipinski definition) is 10. The number of rotatable bonds is 5. The number of amides is 1. The zero-order chi connectivity index (χ0) is 27.7. The van der Waals surface area contributed by atoms with Crippen molar-refractivity contribution in [1.29, 1.82) is 0 Å². The minimum absolute atomic E-state index is 0.0174. The van der Waals surface area contributed by atoms with Crippen LogP contribution in [0.1, 0.15) is 27.9 Å². The van der Waals surface area contributed by atoms with Crippen molar-refractivity contribution in [1.82, 2.24) is 9.80 Å². The Morgan fingerprint density at radius 2 is 1.73 bits per heavy atom. The molecule has 0 saturated heterocycles. The summed E-state index contributed by atoms with van der Waals surface area (Å²) < 4.78 is 0. The molecule has 11 heteroatoms. The van der Waals surface area contributed by atoms with Crippen molar-refractivity contribution in [3.63, 3.8) is 0 Å². The van der Waals surface area contributed by atoms with E-state index in [1.165, 1.54) is 4.90 Å². The van der Waals surface area contributed by atoms with Gasteiger partial charge in [0.15, 0.2) is 11.4 Å². The van der Waals surface area contributed by atoms with E-state index >= 15 is 0 Å². The summed E-state index contributed by atoms with van der Waals surface area (Å²) in [5.74, 6) is -6.52. The molecule has 1 aromatic carbocycles. The van der Waals surface area contributed by atoms with Crippen LogP contribution in [0.2, 0.25) is 0 Å². The van der Waals surface area contributed by atoms with E-state index in [9.17, 15) is 34.8 Å². The van der Waals surface area contributed by atoms with Crippen LogP contribution < -0.4 is 10.6 Å². The molecule has 200 valence electrons. The first-order chi connectivity index (χ1) is 17.1. The molecule has 3 aliphatic carbocycles. The third-order valence-electron chi connectivity index (χ3n) is 7.75. The number of benzene rings is 1. The minimum atomic E-state index is -2.65. The van der Waals surface area contributed by atoms with Gasteiger partial charge in [-0.1, -0.05) is 0 Å². The Kier molecular flexibility index (Phi) is 6.38. The molecule has 4 atom stereocenters. The van der Waals surface area contributed by atoms with Crippen LogP contribution in [0.15, 0.2) is 28.7 Å². The Bertz CT molecular complexity index is 1280. The van der Waals surface area contributed by atoms with Gasteiger partial charge in [0.25, 0.3) is 5.91 Å². The van der Waals surface area contributed by atoms with Crippen molar-refractivity contribution in [3.05, 3.63) is 45.4 Å². The van der Waals surface area contributed by atoms with Crippen molar-refractivity contribution in [2.24, 2.45) is 17.6 Å². The molecular formula is C26H34N4O7. The lowest BCUT2D eigenvalue weighted by Gasteiger charge is -2.50. The van der Waals surface area contributed by atoms with Crippen LogP contribution in [0.5, 0.6) is 5.75 Å². The van der Waals surface area contributed by atoms with E-state index < -0.39 is 58.0 Å². The second-order valence-corrected chi connectivity index (χ2v) is 10.9. The third-order valence-corrected chi connectivity index (χ3v) is 7.75. The van der Waals surface area contributed by atoms with Gasteiger partial charge in [0.1, 0.15) is 22.8 Å². The molecule has 1 amide bonds. The SMILES string of the molecule is CN(C)Cc1cc(N(C)C)c2c(c1O)C(=O)C1=C(O)[C@]3(O)C(=O)C(C(N)=O)=C(O)C(N(C)C)[C@@H]3C[C@@H]1C2. The van der Waals surface area contributed by atoms with E-state index in [1.54, 1.807) is 14.1 Å². The van der Waals surface area contributed by atoms with Gasteiger partial charge < -0.3 is 36.0 Å². The number of phenols is 1. The highest BCUT2D eigenvalue weighted by Crippen LogP contribution is 2.53. The fourth-order valence-corrected chi connectivity index (χ4v) is 6.21. The van der Waals surface area contributed by atoms with Gasteiger partial charge in [-0.15, -0.1) is 0 Å². The van der Waals surface area contributed by atoms with Crippen LogP contribution in [-0.4, -0.2) is 102 Å². The normalized spacial score (nSPS) is 27.4. The second-order valence-electron chi connectivity index (χ2n) is 10.9. The van der Waals surface area contributed by atoms with Crippen molar-refractivity contribution in [3.8, 4) is 5.75 Å². The number of nitrogens with two attached hydrogens (primary N) is 1. The van der Waals surface area contributed by atoms with Crippen molar-refractivity contribution >= 4 is 23.2 Å². The van der Waals surface area contributed by atoms with E-state index in [0.29, 0.717) is 17.7 Å². The average molecular weight is 515 g/mol. The summed E-state index contributed by atoms with van der Waals surface area (Å²) in [5.41, 5.74) is 3.60. The number of fused-ring (bicyclic) bond motifs is 3. The summed E-state index contributed by atoms with van der Waals surface area (Å²) in [7, 11) is 10.5. The molecule has 6 N–H and O–H groups in total. The number of carbonyl (C=O) groups is 3. The standard InChI is InChI=1S/C26H34N4O7/c1-28(2)10-12-9-15(29(3)4)13-7-11-8-14-19(30(5)6)22(33)18(25(27)36)24(35)26(14,37)23(34)16(11)21(32)17(13)20(12)31/h9,11,14,19,31,33-34,37H,7-8,10H2,1-6H3,(H2,27,36)/t11-,14-,19?,26-/m0/s1. The van der Waals surface area contributed by atoms with Gasteiger partial charge in [-0.25, -0.2) is 0 Å². The third kappa shape index (κ3) is 3.72. The van der Waals surface area contributed by atoms with Crippen LogP contribution in [0.3, 0.4) is 0 Å². The summed E-state index contributed by atoms with van der Waals surface area (Å²) in [6.07, 6.45) is 0.302. The highest BCUT2D eigenvalue weighted by molar-refractivity contribution is 6.24. The molecule has 0 bridgehead atoms. The molecule has 37 heavy (non-hydrogen) atoms. The Balaban J connectivity index is 1.98. The number of hydrogen-bond donors (Lipinski definition) is 5. The minimum Gasteiger partial charge on any atom is -0.510 e. The summed E-state index contributed by atoms with van der Waals surface area (Å²) in [5, 5.41) is 45.1. The van der Waals surface area contributed by atoms with E-state index in [1.807, 2.05) is 44.1 Å². The first-order valence-corrected chi connectivity index (χ1v) is 12.0. The van der Waals surface area contributed by atoms with E-state index in [-0.39, 0.29) is 29.7 Å². The molecular weight excluding hydrogens is 480 g/mol. The predicted molar refractivity (Wildman–Crippen MR) is 135 cm³/mol. The van der Waals surface area contributed by atoms with Crippen LogP contribution >= 0.6 is 0 Å². The lowest BCUT2D eigenvalue weighted by atomic mass is 9.58. The molecule has 0 aromatic heterocycles. The van der Waals surface area contributed by atoms with Gasteiger partial charge in [0.05, 0.1) is 11.6 Å². The van der Waals surface area contributed by atoms with Crippen LogP contribution in [-0.2, 0) is 22.6 Å². The molecule has 0 radical (unpaired) electrons. The lowest BCUT2D eigenvalue weighted by Crippen LogP contribution is -2.63. The van der Waals surface area contributed by atoms with Gasteiger partial charge >= 0.3 is 0 Å². The summed E-state index contributed by atoms with van der Waals surface area (Å²) in [4.78, 5) is 44.6. The number of ketones is 2. The monoisotopic (exact) mass is 514 g/mol. The number of allylic oxidation sites excluding steroid dienone is 1. The highest BCUT2D eigenvalue weighted by atomic mass is 16.3. The number of primary amides is 1. The van der Waals surface area contributed by atoms with Crippen LogP contribution in [0.25, 0.3) is 0 Å². The smallest absolute Gasteiger partial charge is 0.255 e. The number of Topliss-reactive ketones (excluding diaryl/α,β-unsaturated/α-hetero) is 2. The second kappa shape index (κ2) is 8.86. The van der Waals surface area contributed by atoms with Gasteiger partial charge in [-0.3, -0.25) is 19.3 Å². The fourth-order valence-electron chi connectivity index (χ4n) is 6.21. The number of aliphatic hydroxyl groups is 3. The maximum atomic E-state index is 13.9. The number of carbonyl (C=O) groups excluding carboxylic acids is 3. The van der Waals surface area contributed by atoms with Gasteiger partial charge in [-0.05, 0) is 58.6 Å². The Hall–Kier alpha value is -3.41. The molecule has 11 nitrogen and oxygen atoms in total. The Morgan fingerprint density at radius 3 is 2.24 bits per heavy atom. The molecule has 0 fully saturated rings. The first kappa shape index (κ1) is 26.6. The fraction of sp³-hybridized carbons (Fsp3) is 0.500. The Labute approximate surface area is 215 Å². The van der Waals surface area contributed by atoms with E-state index in [4.69, 9.17) is 5.73 Å². The summed E-state index contributed by atoms with van der Waals surface area (Å²) >= 11 is 0. The molecule has 1 aromatic rings. The molecule has 0 saturated carbocycles. The lowest BCUT2D eigenvalue weighted by molar-refractivity contribution is -0.148. The van der Waals surface area contributed by atoms with Crippen LogP contribution in [0, 0.1) is 11.8 Å². The summed E-state index contributed by atoms with van der Waals surface area (Å²) in [6.45, 7) is 0.350. The van der Waals surface area contributed by atoms with E-state index in [0.717, 1.165) is 5.69 Å². The van der Waals surface area contributed by atoms with E-state index in [2.05, 4.69) is 0 Å². The number of nitrogens with zero attached hydrogens (tertiary/aromatic N) is 3. The van der Waals surface area contributed by atoms with Crippen molar-refractivity contribution in [2.75, 3.05) is 47.2 Å². The van der Waals surface area contributed by atoms with Crippen molar-refractivity contribution in [2.45, 2.75) is 31.0 Å².